The number of hydrogen-bond acceptors (Lipinski definition) is 6. The van der Waals surface area contributed by atoms with Gasteiger partial charge in [-0.05, 0) is 36.4 Å². The van der Waals surface area contributed by atoms with E-state index in [9.17, 15) is 0 Å². The molecule has 0 saturated heterocycles. The minimum Gasteiger partial charge on any atom is -0.496 e. The van der Waals surface area contributed by atoms with E-state index >= 15 is 0 Å². The van der Waals surface area contributed by atoms with Gasteiger partial charge in [0.15, 0.2) is 0 Å². The monoisotopic (exact) mass is 432 g/mol. The molecule has 5 rings (SSSR count). The molecule has 0 fully saturated rings. The van der Waals surface area contributed by atoms with Crippen LogP contribution in [0.2, 0.25) is 0 Å². The maximum absolute atomic E-state index is 6.09. The maximum Gasteiger partial charge on any atom is 0.139 e. The molecule has 6 nitrogen and oxygen atoms in total. The lowest BCUT2D eigenvalue weighted by atomic mass is 10.1. The first-order chi connectivity index (χ1) is 13.3. The van der Waals surface area contributed by atoms with Crippen LogP contribution in [0.5, 0.6) is 5.75 Å². The van der Waals surface area contributed by atoms with Crippen LogP contribution in [0.3, 0.4) is 0 Å². The van der Waals surface area contributed by atoms with Crippen LogP contribution in [-0.2, 0) is 0 Å². The summed E-state index contributed by atoms with van der Waals surface area (Å²) in [6.45, 7) is 3.41. The average molecular weight is 433 g/mol. The third kappa shape index (κ3) is 3.91. The lowest BCUT2D eigenvalue weighted by Gasteiger charge is -2.09. The first-order valence-electron chi connectivity index (χ1n) is 9.11. The standard InChI is InChI=1S/C21H20N4O2.2ClH/c1-26-18-11-14(21-24-8-9-25-21)2-4-16(18)19-12-15-10-13(3-5-17(15)27-19)20-22-6-7-23-20;;/h2-5,10-12H,6-9H2,1H3,(H,22,23)(H,24,25);2*1H. The highest BCUT2D eigenvalue weighted by atomic mass is 35.5. The minimum atomic E-state index is 0. The Hall–Kier alpha value is -2.70. The van der Waals surface area contributed by atoms with E-state index in [0.29, 0.717) is 0 Å². The van der Waals surface area contributed by atoms with Gasteiger partial charge >= 0.3 is 0 Å². The molecular weight excluding hydrogens is 411 g/mol. The van der Waals surface area contributed by atoms with Crippen molar-refractivity contribution < 1.29 is 9.15 Å². The molecule has 152 valence electrons. The molecule has 1 aromatic heterocycles. The number of benzene rings is 2. The van der Waals surface area contributed by atoms with Gasteiger partial charge < -0.3 is 19.8 Å². The van der Waals surface area contributed by atoms with E-state index in [1.807, 2.05) is 30.3 Å². The Balaban J connectivity index is 0.00000120. The first-order valence-corrected chi connectivity index (χ1v) is 9.11. The van der Waals surface area contributed by atoms with E-state index in [0.717, 1.165) is 77.0 Å². The van der Waals surface area contributed by atoms with Gasteiger partial charge in [-0.3, -0.25) is 9.98 Å². The first kappa shape index (κ1) is 21.0. The summed E-state index contributed by atoms with van der Waals surface area (Å²) in [4.78, 5) is 8.97. The largest absolute Gasteiger partial charge is 0.496 e. The third-order valence-electron chi connectivity index (χ3n) is 4.88. The molecule has 0 unspecified atom stereocenters. The molecule has 29 heavy (non-hydrogen) atoms. The number of halogens is 2. The number of fused-ring (bicyclic) bond motifs is 1. The fourth-order valence-corrected chi connectivity index (χ4v) is 3.55. The summed E-state index contributed by atoms with van der Waals surface area (Å²) < 4.78 is 11.7. The number of rotatable bonds is 4. The molecule has 3 aromatic rings. The lowest BCUT2D eigenvalue weighted by Crippen LogP contribution is -2.19. The smallest absolute Gasteiger partial charge is 0.139 e. The summed E-state index contributed by atoms with van der Waals surface area (Å²) in [5.74, 6) is 3.42. The number of methoxy groups -OCH3 is 1. The van der Waals surface area contributed by atoms with Gasteiger partial charge in [0.2, 0.25) is 0 Å². The Kier molecular flexibility index (Phi) is 6.35. The Morgan fingerprint density at radius 1 is 0.862 bits per heavy atom. The highest BCUT2D eigenvalue weighted by Gasteiger charge is 2.16. The lowest BCUT2D eigenvalue weighted by molar-refractivity contribution is 0.415. The second kappa shape index (κ2) is 8.76. The molecule has 0 aliphatic carbocycles. The highest BCUT2D eigenvalue weighted by molar-refractivity contribution is 6.03. The fourth-order valence-electron chi connectivity index (χ4n) is 3.55. The van der Waals surface area contributed by atoms with Crippen molar-refractivity contribution in [2.45, 2.75) is 0 Å². The summed E-state index contributed by atoms with van der Waals surface area (Å²) >= 11 is 0. The minimum absolute atomic E-state index is 0. The van der Waals surface area contributed by atoms with Gasteiger partial charge in [0.1, 0.15) is 28.8 Å². The Bertz CT molecular complexity index is 1090. The molecule has 0 bridgehead atoms. The highest BCUT2D eigenvalue weighted by Crippen LogP contribution is 2.35. The zero-order chi connectivity index (χ0) is 18.2. The predicted octanol–water partition coefficient (Wildman–Crippen LogP) is 3.65. The second-order valence-corrected chi connectivity index (χ2v) is 6.59. The van der Waals surface area contributed by atoms with Crippen LogP contribution in [0.25, 0.3) is 22.3 Å². The van der Waals surface area contributed by atoms with Crippen LogP contribution in [0.15, 0.2) is 56.9 Å². The molecular formula is C21H22Cl2N4O2. The van der Waals surface area contributed by atoms with Crippen molar-refractivity contribution in [2.75, 3.05) is 33.3 Å². The van der Waals surface area contributed by atoms with E-state index in [-0.39, 0.29) is 24.8 Å². The van der Waals surface area contributed by atoms with Crippen LogP contribution in [0.1, 0.15) is 11.1 Å². The Morgan fingerprint density at radius 2 is 1.52 bits per heavy atom. The molecule has 0 radical (unpaired) electrons. The van der Waals surface area contributed by atoms with Gasteiger partial charge in [0, 0.05) is 29.6 Å². The number of nitrogens with zero attached hydrogens (tertiary/aromatic N) is 2. The number of ether oxygens (including phenoxy) is 1. The van der Waals surface area contributed by atoms with E-state index in [4.69, 9.17) is 9.15 Å². The van der Waals surface area contributed by atoms with E-state index < -0.39 is 0 Å². The van der Waals surface area contributed by atoms with E-state index in [2.05, 4.69) is 32.8 Å². The zero-order valence-electron chi connectivity index (χ0n) is 15.9. The van der Waals surface area contributed by atoms with Gasteiger partial charge in [-0.1, -0.05) is 6.07 Å². The summed E-state index contributed by atoms with van der Waals surface area (Å²) in [5, 5.41) is 7.65. The van der Waals surface area contributed by atoms with Crippen LogP contribution in [0.4, 0.5) is 0 Å². The van der Waals surface area contributed by atoms with Crippen LogP contribution >= 0.6 is 24.8 Å². The van der Waals surface area contributed by atoms with E-state index in [1.165, 1.54) is 0 Å². The van der Waals surface area contributed by atoms with Gasteiger partial charge in [-0.2, -0.15) is 0 Å². The summed E-state index contributed by atoms with van der Waals surface area (Å²) in [6.07, 6.45) is 0. The zero-order valence-corrected chi connectivity index (χ0v) is 17.5. The number of furan rings is 1. The molecule has 0 atom stereocenters. The number of amidine groups is 2. The molecule has 2 aromatic carbocycles. The molecule has 0 saturated carbocycles. The van der Waals surface area contributed by atoms with Crippen molar-refractivity contribution in [2.24, 2.45) is 9.98 Å². The molecule has 0 amide bonds. The fraction of sp³-hybridized carbons (Fsp3) is 0.238. The number of nitrogens with one attached hydrogen (secondary N) is 2. The summed E-state index contributed by atoms with van der Waals surface area (Å²) in [5.41, 5.74) is 3.88. The predicted molar refractivity (Wildman–Crippen MR) is 122 cm³/mol. The quantitative estimate of drug-likeness (QED) is 0.659. The molecule has 2 aliphatic heterocycles. The van der Waals surface area contributed by atoms with E-state index in [1.54, 1.807) is 7.11 Å². The van der Waals surface area contributed by atoms with Gasteiger partial charge in [-0.25, -0.2) is 0 Å². The van der Waals surface area contributed by atoms with Crippen molar-refractivity contribution in [3.63, 3.8) is 0 Å². The van der Waals surface area contributed by atoms with Crippen molar-refractivity contribution in [1.29, 1.82) is 0 Å². The molecule has 2 N–H and O–H groups in total. The second-order valence-electron chi connectivity index (χ2n) is 6.59. The SMILES string of the molecule is COc1cc(C2=NCCN2)ccc1-c1cc2cc(C3=NCCN3)ccc2o1.Cl.Cl. The van der Waals surface area contributed by atoms with Crippen LogP contribution in [-0.4, -0.2) is 45.0 Å². The van der Waals surface area contributed by atoms with Crippen LogP contribution in [0, 0.1) is 0 Å². The summed E-state index contributed by atoms with van der Waals surface area (Å²) in [7, 11) is 1.68. The topological polar surface area (TPSA) is 71.2 Å². The van der Waals surface area contributed by atoms with Gasteiger partial charge in [-0.15, -0.1) is 24.8 Å². The molecule has 3 heterocycles. The third-order valence-corrected chi connectivity index (χ3v) is 4.88. The van der Waals surface area contributed by atoms with Gasteiger partial charge in [0.05, 0.1) is 25.8 Å². The maximum atomic E-state index is 6.09. The summed E-state index contributed by atoms with van der Waals surface area (Å²) in [6, 6.07) is 14.3. The average Bonchev–Trinajstić information content (AvgIpc) is 3.48. The van der Waals surface area contributed by atoms with Crippen molar-refractivity contribution >= 4 is 47.5 Å². The molecule has 8 heteroatoms. The van der Waals surface area contributed by atoms with Crippen molar-refractivity contribution in [3.8, 4) is 17.1 Å². The van der Waals surface area contributed by atoms with Crippen molar-refractivity contribution in [3.05, 3.63) is 53.6 Å². The van der Waals surface area contributed by atoms with Gasteiger partial charge in [0.25, 0.3) is 0 Å². The Labute approximate surface area is 181 Å². The molecule has 0 spiro atoms. The normalized spacial score (nSPS) is 14.9. The number of hydrogen-bond donors (Lipinski definition) is 2. The molecule has 2 aliphatic rings. The van der Waals surface area contributed by atoms with Crippen molar-refractivity contribution in [1.82, 2.24) is 10.6 Å². The number of aliphatic imine (C=N–C) groups is 2. The Morgan fingerprint density at radius 3 is 2.14 bits per heavy atom. The van der Waals surface area contributed by atoms with Crippen LogP contribution < -0.4 is 15.4 Å².